The monoisotopic (exact) mass is 518 g/mol. The Hall–Kier alpha value is -3.79. The van der Waals surface area contributed by atoms with Crippen molar-refractivity contribution in [3.8, 4) is 5.75 Å². The van der Waals surface area contributed by atoms with Gasteiger partial charge in [-0.25, -0.2) is 8.42 Å². The lowest BCUT2D eigenvalue weighted by atomic mass is 10.00. The van der Waals surface area contributed by atoms with Crippen LogP contribution in [0.3, 0.4) is 0 Å². The molecule has 0 saturated carbocycles. The van der Waals surface area contributed by atoms with Gasteiger partial charge >= 0.3 is 0 Å². The fourth-order valence-electron chi connectivity index (χ4n) is 4.68. The van der Waals surface area contributed by atoms with Crippen molar-refractivity contribution in [2.24, 2.45) is 5.92 Å². The molecule has 1 fully saturated rings. The Kier molecular flexibility index (Phi) is 6.92. The fourth-order valence-corrected chi connectivity index (χ4v) is 6.25. The zero-order valence-corrected chi connectivity index (χ0v) is 21.0. The Labute approximate surface area is 215 Å². The molecule has 1 saturated heterocycles. The second-order valence-electron chi connectivity index (χ2n) is 8.79. The SMILES string of the molecule is COc1ccc(S(=O)(=O)N2CC=CCC3C(=O)N(OC(c4ccccc4)c4ccccc4)C(=O)C32)cc1. The first-order chi connectivity index (χ1) is 17.9. The summed E-state index contributed by atoms with van der Waals surface area (Å²) in [6, 6.07) is 23.2. The maximum Gasteiger partial charge on any atom is 0.272 e. The number of hydroxylamine groups is 2. The van der Waals surface area contributed by atoms with Crippen LogP contribution in [0.5, 0.6) is 5.75 Å². The summed E-state index contributed by atoms with van der Waals surface area (Å²) < 4.78 is 33.5. The molecule has 0 aliphatic carbocycles. The molecule has 0 radical (unpaired) electrons. The highest BCUT2D eigenvalue weighted by molar-refractivity contribution is 7.89. The molecular weight excluding hydrogens is 492 g/mol. The Balaban J connectivity index is 1.49. The summed E-state index contributed by atoms with van der Waals surface area (Å²) >= 11 is 0. The van der Waals surface area contributed by atoms with Crippen LogP contribution in [0.2, 0.25) is 0 Å². The van der Waals surface area contributed by atoms with Crippen molar-refractivity contribution in [2.45, 2.75) is 23.5 Å². The van der Waals surface area contributed by atoms with Crippen LogP contribution in [-0.2, 0) is 24.4 Å². The topological polar surface area (TPSA) is 93.2 Å². The first-order valence-electron chi connectivity index (χ1n) is 11.9. The highest BCUT2D eigenvalue weighted by Crippen LogP contribution is 2.37. The van der Waals surface area contributed by atoms with Gasteiger partial charge in [0, 0.05) is 6.54 Å². The number of methoxy groups -OCH3 is 1. The van der Waals surface area contributed by atoms with Gasteiger partial charge in [-0.2, -0.15) is 9.37 Å². The largest absolute Gasteiger partial charge is 0.497 e. The van der Waals surface area contributed by atoms with Crippen molar-refractivity contribution in [1.29, 1.82) is 0 Å². The Bertz CT molecular complexity index is 1370. The van der Waals surface area contributed by atoms with Crippen LogP contribution >= 0.6 is 0 Å². The van der Waals surface area contributed by atoms with Crippen molar-refractivity contribution < 1.29 is 27.6 Å². The summed E-state index contributed by atoms with van der Waals surface area (Å²) in [4.78, 5) is 33.3. The van der Waals surface area contributed by atoms with Crippen LogP contribution in [0.15, 0.2) is 102 Å². The van der Waals surface area contributed by atoms with Gasteiger partial charge in [-0.1, -0.05) is 72.8 Å². The summed E-state index contributed by atoms with van der Waals surface area (Å²) in [6.45, 7) is -0.0385. The standard InChI is InChI=1S/C28H26N2O6S/c1-35-22-15-17-23(18-16-22)37(33,34)29-19-9-8-14-24-25(29)28(32)30(27(24)31)36-26(20-10-4-2-5-11-20)21-12-6-3-7-13-21/h2-13,15-18,24-26H,14,19H2,1H3. The van der Waals surface area contributed by atoms with E-state index in [9.17, 15) is 18.0 Å². The molecule has 0 bridgehead atoms. The van der Waals surface area contributed by atoms with Crippen LogP contribution in [0.25, 0.3) is 0 Å². The molecule has 190 valence electrons. The highest BCUT2D eigenvalue weighted by Gasteiger charge is 2.54. The van der Waals surface area contributed by atoms with Gasteiger partial charge in [-0.15, -0.1) is 0 Å². The maximum absolute atomic E-state index is 13.7. The summed E-state index contributed by atoms with van der Waals surface area (Å²) in [5.41, 5.74) is 1.51. The van der Waals surface area contributed by atoms with E-state index < -0.39 is 39.9 Å². The van der Waals surface area contributed by atoms with E-state index in [0.29, 0.717) is 5.75 Å². The summed E-state index contributed by atoms with van der Waals surface area (Å²) in [7, 11) is -2.62. The first-order valence-corrected chi connectivity index (χ1v) is 13.3. The van der Waals surface area contributed by atoms with Gasteiger partial charge < -0.3 is 4.74 Å². The second kappa shape index (κ2) is 10.3. The molecule has 3 aromatic rings. The molecule has 5 rings (SSSR count). The number of rotatable bonds is 7. The number of nitrogens with zero attached hydrogens (tertiary/aromatic N) is 2. The van der Waals surface area contributed by atoms with Gasteiger partial charge in [0.25, 0.3) is 11.8 Å². The molecule has 9 heteroatoms. The molecule has 2 aliphatic heterocycles. The molecule has 37 heavy (non-hydrogen) atoms. The average Bonchev–Trinajstić information content (AvgIpc) is 3.08. The average molecular weight is 519 g/mol. The predicted octanol–water partition coefficient (Wildman–Crippen LogP) is 3.72. The minimum Gasteiger partial charge on any atom is -0.497 e. The number of benzene rings is 3. The van der Waals surface area contributed by atoms with Crippen LogP contribution in [0.4, 0.5) is 0 Å². The molecule has 2 amide bonds. The molecule has 3 aromatic carbocycles. The molecular formula is C28H26N2O6S. The third-order valence-corrected chi connectivity index (χ3v) is 8.45. The number of carbonyl (C=O) groups is 2. The zero-order chi connectivity index (χ0) is 26.0. The van der Waals surface area contributed by atoms with Crippen LogP contribution in [0, 0.1) is 5.92 Å². The van der Waals surface area contributed by atoms with Crippen molar-refractivity contribution in [3.63, 3.8) is 0 Å². The number of carbonyl (C=O) groups excluding carboxylic acids is 2. The minimum atomic E-state index is -4.11. The van der Waals surface area contributed by atoms with Gasteiger partial charge in [0.05, 0.1) is 17.9 Å². The number of hydrogen-bond donors (Lipinski definition) is 0. The van der Waals surface area contributed by atoms with Crippen molar-refractivity contribution in [3.05, 3.63) is 108 Å². The molecule has 2 unspecified atom stereocenters. The Morgan fingerprint density at radius 1 is 0.811 bits per heavy atom. The number of hydrogen-bond acceptors (Lipinski definition) is 6. The lowest BCUT2D eigenvalue weighted by Gasteiger charge is -2.27. The van der Waals surface area contributed by atoms with E-state index in [2.05, 4.69) is 0 Å². The lowest BCUT2D eigenvalue weighted by Crippen LogP contribution is -2.47. The zero-order valence-electron chi connectivity index (χ0n) is 20.1. The molecule has 8 nitrogen and oxygen atoms in total. The van der Waals surface area contributed by atoms with E-state index in [0.717, 1.165) is 20.5 Å². The summed E-state index contributed by atoms with van der Waals surface area (Å²) in [5, 5.41) is 0.760. The van der Waals surface area contributed by atoms with Crippen LogP contribution in [-0.4, -0.2) is 49.3 Å². The van der Waals surface area contributed by atoms with Crippen LogP contribution < -0.4 is 4.74 Å². The summed E-state index contributed by atoms with van der Waals surface area (Å²) in [6.07, 6.45) is 2.90. The highest BCUT2D eigenvalue weighted by atomic mass is 32.2. The number of fused-ring (bicyclic) bond motifs is 1. The van der Waals surface area contributed by atoms with E-state index in [1.807, 2.05) is 60.7 Å². The van der Waals surface area contributed by atoms with Crippen molar-refractivity contribution >= 4 is 21.8 Å². The van der Waals surface area contributed by atoms with Gasteiger partial charge in [0.1, 0.15) is 17.9 Å². The third-order valence-electron chi connectivity index (χ3n) is 6.59. The molecule has 2 aliphatic rings. The quantitative estimate of drug-likeness (QED) is 0.350. The molecule has 2 heterocycles. The second-order valence-corrected chi connectivity index (χ2v) is 10.7. The van der Waals surface area contributed by atoms with E-state index in [-0.39, 0.29) is 17.9 Å². The van der Waals surface area contributed by atoms with Gasteiger partial charge in [-0.3, -0.25) is 14.4 Å². The fraction of sp³-hybridized carbons (Fsp3) is 0.214. The van der Waals surface area contributed by atoms with E-state index in [1.165, 1.54) is 19.2 Å². The van der Waals surface area contributed by atoms with E-state index in [1.54, 1.807) is 24.3 Å². The van der Waals surface area contributed by atoms with Crippen molar-refractivity contribution in [2.75, 3.05) is 13.7 Å². The maximum atomic E-state index is 13.7. The van der Waals surface area contributed by atoms with Gasteiger partial charge in [0.2, 0.25) is 10.0 Å². The molecule has 2 atom stereocenters. The number of ether oxygens (including phenoxy) is 1. The summed E-state index contributed by atoms with van der Waals surface area (Å²) in [5.74, 6) is -1.65. The number of imide groups is 1. The molecule has 0 aromatic heterocycles. The van der Waals surface area contributed by atoms with Crippen molar-refractivity contribution in [1.82, 2.24) is 9.37 Å². The number of amides is 2. The predicted molar refractivity (Wildman–Crippen MR) is 136 cm³/mol. The Morgan fingerprint density at radius 2 is 1.41 bits per heavy atom. The smallest absolute Gasteiger partial charge is 0.272 e. The van der Waals surface area contributed by atoms with Crippen LogP contribution in [0.1, 0.15) is 23.7 Å². The normalized spacial score (nSPS) is 20.2. The lowest BCUT2D eigenvalue weighted by molar-refractivity contribution is -0.200. The minimum absolute atomic E-state index is 0.00779. The number of allylic oxidation sites excluding steroid dienone is 1. The Morgan fingerprint density at radius 3 is 1.97 bits per heavy atom. The van der Waals surface area contributed by atoms with E-state index >= 15 is 0 Å². The van der Waals surface area contributed by atoms with E-state index in [4.69, 9.17) is 9.57 Å². The molecule has 0 spiro atoms. The number of sulfonamides is 1. The first kappa shape index (κ1) is 24.9. The van der Waals surface area contributed by atoms with Gasteiger partial charge in [0.15, 0.2) is 0 Å². The van der Waals surface area contributed by atoms with Gasteiger partial charge in [-0.05, 0) is 41.8 Å². The molecule has 0 N–H and O–H groups in total. The third kappa shape index (κ3) is 4.69.